The van der Waals surface area contributed by atoms with Crippen LogP contribution in [0.5, 0.6) is 0 Å². The Bertz CT molecular complexity index is 150. The number of rotatable bonds is 2. The minimum atomic E-state index is 0.921. The summed E-state index contributed by atoms with van der Waals surface area (Å²) >= 11 is 0. The summed E-state index contributed by atoms with van der Waals surface area (Å²) in [6.45, 7) is 8.59. The number of hydrogen-bond donors (Lipinski definition) is 2. The zero-order chi connectivity index (χ0) is 8.69. The molecule has 2 heteroatoms. The van der Waals surface area contributed by atoms with Crippen molar-refractivity contribution < 1.29 is 0 Å². The second-order valence-electron chi connectivity index (χ2n) is 1.96. The summed E-state index contributed by atoms with van der Waals surface area (Å²) < 4.78 is 0. The third-order valence-corrected chi connectivity index (χ3v) is 1.45. The topological polar surface area (TPSA) is 35.9 Å². The Hall–Kier alpha value is -1.05. The Labute approximate surface area is 68.5 Å². The van der Waals surface area contributed by atoms with E-state index in [9.17, 15) is 0 Å². The first-order valence-corrected chi connectivity index (χ1v) is 3.98. The zero-order valence-corrected chi connectivity index (χ0v) is 7.28. The minimum absolute atomic E-state index is 0.921. The molecule has 0 unspecified atom stereocenters. The van der Waals surface area contributed by atoms with Gasteiger partial charge in [0.1, 0.15) is 0 Å². The maximum absolute atomic E-state index is 6.94. The maximum Gasteiger partial charge on any atom is 0.0552 e. The Morgan fingerprint density at radius 2 is 2.18 bits per heavy atom. The Balaban J connectivity index is 0.000000461. The van der Waals surface area contributed by atoms with Crippen LogP contribution in [0.3, 0.4) is 0 Å². The van der Waals surface area contributed by atoms with Gasteiger partial charge in [-0.2, -0.15) is 0 Å². The fourth-order valence-corrected chi connectivity index (χ4v) is 0.936. The maximum atomic E-state index is 6.94. The van der Waals surface area contributed by atoms with E-state index in [-0.39, 0.29) is 0 Å². The van der Waals surface area contributed by atoms with Crippen LogP contribution < -0.4 is 5.32 Å². The number of hydrogen-bond acceptors (Lipinski definition) is 2. The summed E-state index contributed by atoms with van der Waals surface area (Å²) in [5.41, 5.74) is 2.08. The molecule has 0 aromatic carbocycles. The Morgan fingerprint density at radius 1 is 1.55 bits per heavy atom. The minimum Gasteiger partial charge on any atom is -0.383 e. The predicted molar refractivity (Wildman–Crippen MR) is 50.0 cm³/mol. The van der Waals surface area contributed by atoms with Gasteiger partial charge < -0.3 is 10.7 Å². The van der Waals surface area contributed by atoms with E-state index in [1.807, 2.05) is 13.8 Å². The van der Waals surface area contributed by atoms with E-state index in [1.165, 1.54) is 6.21 Å². The predicted octanol–water partition coefficient (Wildman–Crippen LogP) is 2.10. The second kappa shape index (κ2) is 5.71. The molecule has 0 aromatic rings. The van der Waals surface area contributed by atoms with Crippen molar-refractivity contribution in [2.75, 3.05) is 6.54 Å². The highest BCUT2D eigenvalue weighted by Gasteiger charge is 2.06. The molecule has 0 amide bonds. The van der Waals surface area contributed by atoms with Crippen LogP contribution in [0, 0.1) is 5.41 Å². The molecule has 0 spiro atoms. The molecular formula is C9H16N2. The first-order chi connectivity index (χ1) is 5.38. The zero-order valence-electron chi connectivity index (χ0n) is 7.28. The fraction of sp³-hybridized carbons (Fsp3) is 0.444. The van der Waals surface area contributed by atoms with Gasteiger partial charge in [0.15, 0.2) is 0 Å². The van der Waals surface area contributed by atoms with Crippen molar-refractivity contribution in [3.05, 3.63) is 23.9 Å². The fourth-order valence-electron chi connectivity index (χ4n) is 0.936. The van der Waals surface area contributed by atoms with Gasteiger partial charge in [-0.25, -0.2) is 0 Å². The molecule has 0 aliphatic carbocycles. The van der Waals surface area contributed by atoms with Crippen LogP contribution in [0.1, 0.15) is 20.3 Å². The molecule has 62 valence electrons. The molecule has 1 rings (SSSR count). The van der Waals surface area contributed by atoms with Gasteiger partial charge in [0, 0.05) is 12.8 Å². The average Bonchev–Trinajstić information content (AvgIpc) is 2.54. The highest BCUT2D eigenvalue weighted by atomic mass is 14.9. The van der Waals surface area contributed by atoms with E-state index >= 15 is 0 Å². The van der Waals surface area contributed by atoms with Gasteiger partial charge in [-0.05, 0) is 12.0 Å². The molecule has 0 fully saturated rings. The van der Waals surface area contributed by atoms with E-state index in [0.717, 1.165) is 24.2 Å². The van der Waals surface area contributed by atoms with Crippen LogP contribution in [0.25, 0.3) is 0 Å². The summed E-state index contributed by atoms with van der Waals surface area (Å²) in [5, 5.41) is 10.0. The van der Waals surface area contributed by atoms with Crippen molar-refractivity contribution in [2.24, 2.45) is 0 Å². The second-order valence-corrected chi connectivity index (χ2v) is 1.96. The van der Waals surface area contributed by atoms with Gasteiger partial charge in [-0.3, -0.25) is 0 Å². The molecule has 0 saturated heterocycles. The lowest BCUT2D eigenvalue weighted by molar-refractivity contribution is 0.897. The normalized spacial score (nSPS) is 14.7. The smallest absolute Gasteiger partial charge is 0.0552 e. The van der Waals surface area contributed by atoms with E-state index < -0.39 is 0 Å². The molecule has 0 aromatic heterocycles. The largest absolute Gasteiger partial charge is 0.383 e. The van der Waals surface area contributed by atoms with E-state index in [4.69, 9.17) is 5.41 Å². The molecule has 0 radical (unpaired) electrons. The quantitative estimate of drug-likeness (QED) is 0.584. The van der Waals surface area contributed by atoms with Gasteiger partial charge in [-0.15, -0.1) is 0 Å². The third kappa shape index (κ3) is 2.58. The molecule has 0 saturated carbocycles. The van der Waals surface area contributed by atoms with Crippen molar-refractivity contribution >= 4 is 6.21 Å². The van der Waals surface area contributed by atoms with Gasteiger partial charge in [0.2, 0.25) is 0 Å². The number of allylic oxidation sites excluding steroid dienone is 2. The van der Waals surface area contributed by atoms with Gasteiger partial charge in [-0.1, -0.05) is 26.5 Å². The Kier molecular flexibility index (Phi) is 5.17. The lowest BCUT2D eigenvalue weighted by Crippen LogP contribution is -2.07. The van der Waals surface area contributed by atoms with Crippen molar-refractivity contribution in [1.82, 2.24) is 5.32 Å². The Morgan fingerprint density at radius 3 is 2.55 bits per heavy atom. The number of nitrogens with one attached hydrogen (secondary N) is 2. The standard InChI is InChI=1S/C7H10N2.C2H6/c1-2-6-3-4-9-7(6)5-8;1-2/h2,5,8-9H,1,3-4H2;1-2H3. The molecule has 2 N–H and O–H groups in total. The molecular weight excluding hydrogens is 136 g/mol. The monoisotopic (exact) mass is 152 g/mol. The van der Waals surface area contributed by atoms with Crippen LogP contribution in [0.4, 0.5) is 0 Å². The molecule has 1 heterocycles. The van der Waals surface area contributed by atoms with Crippen molar-refractivity contribution in [2.45, 2.75) is 20.3 Å². The third-order valence-electron chi connectivity index (χ3n) is 1.45. The van der Waals surface area contributed by atoms with Crippen molar-refractivity contribution in [3.8, 4) is 0 Å². The molecule has 1 aliphatic rings. The lowest BCUT2D eigenvalue weighted by atomic mass is 10.2. The van der Waals surface area contributed by atoms with Crippen molar-refractivity contribution in [1.29, 1.82) is 5.41 Å². The summed E-state index contributed by atoms with van der Waals surface area (Å²) in [4.78, 5) is 0. The summed E-state index contributed by atoms with van der Waals surface area (Å²) in [7, 11) is 0. The molecule has 11 heavy (non-hydrogen) atoms. The van der Waals surface area contributed by atoms with Gasteiger partial charge in [0.05, 0.1) is 5.70 Å². The van der Waals surface area contributed by atoms with Gasteiger partial charge >= 0.3 is 0 Å². The first-order valence-electron chi connectivity index (χ1n) is 3.98. The van der Waals surface area contributed by atoms with E-state index in [1.54, 1.807) is 6.08 Å². The summed E-state index contributed by atoms with van der Waals surface area (Å²) in [5.74, 6) is 0. The first kappa shape index (κ1) is 9.95. The molecule has 0 bridgehead atoms. The van der Waals surface area contributed by atoms with Crippen molar-refractivity contribution in [3.63, 3.8) is 0 Å². The SMILES string of the molecule is C=CC1=C(C=N)NCC1.CC. The van der Waals surface area contributed by atoms with Crippen LogP contribution in [0.15, 0.2) is 23.9 Å². The van der Waals surface area contributed by atoms with E-state index in [2.05, 4.69) is 11.9 Å². The highest BCUT2D eigenvalue weighted by molar-refractivity contribution is 5.77. The average molecular weight is 152 g/mol. The van der Waals surface area contributed by atoms with Crippen LogP contribution >= 0.6 is 0 Å². The van der Waals surface area contributed by atoms with Gasteiger partial charge in [0.25, 0.3) is 0 Å². The van der Waals surface area contributed by atoms with Crippen LogP contribution in [-0.2, 0) is 0 Å². The molecule has 0 atom stereocenters. The van der Waals surface area contributed by atoms with Crippen LogP contribution in [-0.4, -0.2) is 12.8 Å². The summed E-state index contributed by atoms with van der Waals surface area (Å²) in [6, 6.07) is 0. The highest BCUT2D eigenvalue weighted by Crippen LogP contribution is 2.11. The lowest BCUT2D eigenvalue weighted by Gasteiger charge is -1.92. The van der Waals surface area contributed by atoms with E-state index in [0.29, 0.717) is 0 Å². The molecule has 2 nitrogen and oxygen atoms in total. The molecule has 1 aliphatic heterocycles. The summed E-state index contributed by atoms with van der Waals surface area (Å²) in [6.07, 6.45) is 4.15. The van der Waals surface area contributed by atoms with Crippen LogP contribution in [0.2, 0.25) is 0 Å².